The van der Waals surface area contributed by atoms with E-state index in [0.717, 1.165) is 61.7 Å². The van der Waals surface area contributed by atoms with Crippen molar-refractivity contribution in [3.8, 4) is 11.4 Å². The molecule has 2 aromatic carbocycles. The summed E-state index contributed by atoms with van der Waals surface area (Å²) in [5, 5.41) is 8.98. The molecule has 2 fully saturated rings. The minimum absolute atomic E-state index is 0.0494. The molecule has 0 bridgehead atoms. The van der Waals surface area contributed by atoms with Gasteiger partial charge in [0.15, 0.2) is 5.82 Å². The average Bonchev–Trinajstić information content (AvgIpc) is 3.15. The minimum Gasteiger partial charge on any atom is -0.314 e. The molecule has 180 valence electrons. The molecule has 2 atom stereocenters. The number of hydrogen-bond donors (Lipinski definition) is 0. The van der Waals surface area contributed by atoms with E-state index in [0.29, 0.717) is 5.92 Å². The lowest BCUT2D eigenvalue weighted by Crippen LogP contribution is -2.29. The molecule has 0 unspecified atom stereocenters. The Bertz CT molecular complexity index is 1150. The third kappa shape index (κ3) is 4.15. The number of aromatic nitrogens is 3. The number of fused-ring (bicyclic) bond motifs is 1. The molecule has 1 saturated heterocycles. The summed E-state index contributed by atoms with van der Waals surface area (Å²) in [6.07, 6.45) is -1.17. The molecular weight excluding hydrogens is 437 g/mol. The van der Waals surface area contributed by atoms with E-state index in [2.05, 4.69) is 33.5 Å². The summed E-state index contributed by atoms with van der Waals surface area (Å²) in [5.74, 6) is 2.42. The second-order valence-corrected chi connectivity index (χ2v) is 10.6. The second-order valence-electron chi connectivity index (χ2n) is 10.6. The summed E-state index contributed by atoms with van der Waals surface area (Å²) in [4.78, 5) is 2.48. The van der Waals surface area contributed by atoms with E-state index >= 15 is 0 Å². The maximum Gasteiger partial charge on any atom is 0.416 e. The van der Waals surface area contributed by atoms with Gasteiger partial charge in [0.1, 0.15) is 5.82 Å². The van der Waals surface area contributed by atoms with Gasteiger partial charge in [0.25, 0.3) is 0 Å². The van der Waals surface area contributed by atoms with E-state index < -0.39 is 11.7 Å². The molecule has 0 spiro atoms. The normalized spacial score (nSPS) is 22.7. The van der Waals surface area contributed by atoms with Crippen molar-refractivity contribution in [2.75, 3.05) is 19.6 Å². The molecule has 0 N–H and O–H groups in total. The van der Waals surface area contributed by atoms with Crippen LogP contribution in [0.1, 0.15) is 50.1 Å². The molecule has 1 saturated carbocycles. The predicted molar refractivity (Wildman–Crippen MR) is 126 cm³/mol. The van der Waals surface area contributed by atoms with Gasteiger partial charge in [0.05, 0.1) is 5.56 Å². The molecule has 0 radical (unpaired) electrons. The van der Waals surface area contributed by atoms with Crippen molar-refractivity contribution in [2.45, 2.75) is 50.1 Å². The highest BCUT2D eigenvalue weighted by Gasteiger charge is 2.60. The first kappa shape index (κ1) is 23.1. The van der Waals surface area contributed by atoms with Gasteiger partial charge in [-0.15, -0.1) is 10.2 Å². The average molecular weight is 469 g/mol. The van der Waals surface area contributed by atoms with Crippen LogP contribution in [0.25, 0.3) is 11.4 Å². The molecular formula is C27H31F3N4. The Hall–Kier alpha value is -2.67. The number of likely N-dealkylation sites (tertiary alicyclic amines) is 1. The zero-order valence-electron chi connectivity index (χ0n) is 19.9. The first-order valence-electron chi connectivity index (χ1n) is 12.0. The Balaban J connectivity index is 1.18. The number of rotatable bonds is 7. The van der Waals surface area contributed by atoms with Crippen LogP contribution in [-0.2, 0) is 24.1 Å². The van der Waals surface area contributed by atoms with Gasteiger partial charge < -0.3 is 9.47 Å². The summed E-state index contributed by atoms with van der Waals surface area (Å²) in [7, 11) is 2.03. The summed E-state index contributed by atoms with van der Waals surface area (Å²) < 4.78 is 40.9. The molecule has 0 amide bonds. The molecule has 2 aliphatic rings. The van der Waals surface area contributed by atoms with Gasteiger partial charge in [-0.1, -0.05) is 56.3 Å². The molecule has 7 heteroatoms. The molecule has 1 aliphatic carbocycles. The van der Waals surface area contributed by atoms with Crippen molar-refractivity contribution in [2.24, 2.45) is 13.0 Å². The Kier molecular flexibility index (Phi) is 5.58. The van der Waals surface area contributed by atoms with Crippen molar-refractivity contribution in [3.05, 3.63) is 71.5 Å². The largest absolute Gasteiger partial charge is 0.416 e. The molecule has 5 rings (SSSR count). The predicted octanol–water partition coefficient (Wildman–Crippen LogP) is 5.83. The zero-order valence-corrected chi connectivity index (χ0v) is 19.9. The monoisotopic (exact) mass is 468 g/mol. The van der Waals surface area contributed by atoms with E-state index in [1.165, 1.54) is 12.1 Å². The quantitative estimate of drug-likeness (QED) is 0.437. The van der Waals surface area contributed by atoms with Gasteiger partial charge in [-0.3, -0.25) is 0 Å². The number of hydrogen-bond acceptors (Lipinski definition) is 3. The van der Waals surface area contributed by atoms with Crippen LogP contribution in [0.5, 0.6) is 0 Å². The van der Waals surface area contributed by atoms with Crippen LogP contribution in [-0.4, -0.2) is 39.3 Å². The van der Waals surface area contributed by atoms with Crippen molar-refractivity contribution in [3.63, 3.8) is 0 Å². The van der Waals surface area contributed by atoms with Crippen LogP contribution in [0, 0.1) is 5.92 Å². The summed E-state index contributed by atoms with van der Waals surface area (Å²) in [6, 6.07) is 15.9. The zero-order chi connectivity index (χ0) is 24.1. The molecule has 1 aliphatic heterocycles. The highest BCUT2D eigenvalue weighted by Crippen LogP contribution is 2.59. The van der Waals surface area contributed by atoms with Crippen molar-refractivity contribution in [1.82, 2.24) is 19.7 Å². The maximum absolute atomic E-state index is 12.9. The number of halogens is 3. The van der Waals surface area contributed by atoms with Gasteiger partial charge in [0.2, 0.25) is 0 Å². The maximum atomic E-state index is 12.9. The van der Waals surface area contributed by atoms with E-state index in [1.54, 1.807) is 12.1 Å². The third-order valence-electron chi connectivity index (χ3n) is 7.79. The van der Waals surface area contributed by atoms with Crippen LogP contribution in [0.3, 0.4) is 0 Å². The van der Waals surface area contributed by atoms with Crippen molar-refractivity contribution < 1.29 is 13.2 Å². The molecule has 4 nitrogen and oxygen atoms in total. The fraction of sp³-hybridized carbons (Fsp3) is 0.481. The molecule has 34 heavy (non-hydrogen) atoms. The number of benzene rings is 2. The number of alkyl halides is 3. The molecule has 3 aromatic rings. The lowest BCUT2D eigenvalue weighted by Gasteiger charge is -2.26. The van der Waals surface area contributed by atoms with Crippen LogP contribution in [0.2, 0.25) is 0 Å². The van der Waals surface area contributed by atoms with Gasteiger partial charge in [-0.05, 0) is 49.4 Å². The van der Waals surface area contributed by atoms with Gasteiger partial charge in [-0.25, -0.2) is 0 Å². The Labute approximate surface area is 198 Å². The van der Waals surface area contributed by atoms with Gasteiger partial charge in [-0.2, -0.15) is 13.2 Å². The molecule has 1 aromatic heterocycles. The SMILES string of the molecule is Cn1c(-c2ccccc2)nnc1C(C)(C)CCCN1C[C@@H]2C[C@]2(c2ccc(C(F)(F)F)cc2)C1. The second kappa shape index (κ2) is 8.22. The third-order valence-corrected chi connectivity index (χ3v) is 7.79. The number of nitrogens with zero attached hydrogens (tertiary/aromatic N) is 4. The summed E-state index contributed by atoms with van der Waals surface area (Å²) >= 11 is 0. The minimum atomic E-state index is -4.28. The van der Waals surface area contributed by atoms with Crippen LogP contribution in [0.15, 0.2) is 54.6 Å². The van der Waals surface area contributed by atoms with Crippen molar-refractivity contribution in [1.29, 1.82) is 0 Å². The Morgan fingerprint density at radius 1 is 1.00 bits per heavy atom. The highest BCUT2D eigenvalue weighted by molar-refractivity contribution is 5.55. The fourth-order valence-corrected chi connectivity index (χ4v) is 5.81. The lowest BCUT2D eigenvalue weighted by atomic mass is 9.86. The van der Waals surface area contributed by atoms with Crippen LogP contribution in [0.4, 0.5) is 13.2 Å². The van der Waals surface area contributed by atoms with E-state index in [1.807, 2.05) is 37.4 Å². The van der Waals surface area contributed by atoms with Crippen LogP contribution >= 0.6 is 0 Å². The Morgan fingerprint density at radius 2 is 1.71 bits per heavy atom. The smallest absolute Gasteiger partial charge is 0.314 e. The highest BCUT2D eigenvalue weighted by atomic mass is 19.4. The van der Waals surface area contributed by atoms with E-state index in [-0.39, 0.29) is 10.8 Å². The van der Waals surface area contributed by atoms with E-state index in [4.69, 9.17) is 0 Å². The first-order chi connectivity index (χ1) is 16.1. The Morgan fingerprint density at radius 3 is 2.38 bits per heavy atom. The summed E-state index contributed by atoms with van der Waals surface area (Å²) in [5.41, 5.74) is 1.49. The van der Waals surface area contributed by atoms with E-state index in [9.17, 15) is 13.2 Å². The molecule has 2 heterocycles. The summed E-state index contributed by atoms with van der Waals surface area (Å²) in [6.45, 7) is 7.40. The first-order valence-corrected chi connectivity index (χ1v) is 12.0. The van der Waals surface area contributed by atoms with Crippen LogP contribution < -0.4 is 0 Å². The topological polar surface area (TPSA) is 34.0 Å². The lowest BCUT2D eigenvalue weighted by molar-refractivity contribution is -0.137. The standard InChI is InChI=1S/C27H31F3N4/c1-25(2,24-32-31-23(33(24)3)19-8-5-4-6-9-19)14-7-15-34-17-22-16-26(22,18-34)20-10-12-21(13-11-20)27(28,29)30/h4-6,8-13,22H,7,14-18H2,1-3H3/t22-,26+/m0/s1. The number of piperidine rings is 1. The van der Waals surface area contributed by atoms with Gasteiger partial charge >= 0.3 is 6.18 Å². The van der Waals surface area contributed by atoms with Gasteiger partial charge in [0, 0.05) is 36.5 Å². The fourth-order valence-electron chi connectivity index (χ4n) is 5.81. The van der Waals surface area contributed by atoms with Crippen molar-refractivity contribution >= 4 is 0 Å².